The summed E-state index contributed by atoms with van der Waals surface area (Å²) in [5.74, 6) is 1.44. The molecule has 0 fully saturated rings. The molecule has 1 atom stereocenters. The van der Waals surface area contributed by atoms with Crippen molar-refractivity contribution in [2.24, 2.45) is 0 Å². The molecule has 0 aliphatic carbocycles. The number of likely N-dealkylation sites (N-methyl/N-ethyl adjacent to an activating group) is 1. The summed E-state index contributed by atoms with van der Waals surface area (Å²) in [4.78, 5) is 7.53. The van der Waals surface area contributed by atoms with Crippen LogP contribution < -0.4 is 9.47 Å². The highest BCUT2D eigenvalue weighted by Gasteiger charge is 2.17. The van der Waals surface area contributed by atoms with E-state index in [1.165, 1.54) is 4.88 Å². The number of thiazole rings is 1. The molecule has 0 amide bonds. The van der Waals surface area contributed by atoms with E-state index in [0.29, 0.717) is 12.3 Å². The van der Waals surface area contributed by atoms with E-state index in [4.69, 9.17) is 9.47 Å². The number of aromatic nitrogens is 1. The highest BCUT2D eigenvalue weighted by atomic mass is 32.1. The van der Waals surface area contributed by atoms with Crippen LogP contribution >= 0.6 is 11.3 Å². The molecule has 112 valence electrons. The molecule has 6 heteroatoms. The number of aryl methyl sites for hydroxylation is 1. The zero-order chi connectivity index (χ0) is 14.8. The Balaban J connectivity index is 1.61. The minimum Gasteiger partial charge on any atom is -0.454 e. The van der Waals surface area contributed by atoms with Gasteiger partial charge in [0.25, 0.3) is 0 Å². The number of nitrogens with zero attached hydrogens (tertiary/aromatic N) is 2. The number of hydrogen-bond acceptors (Lipinski definition) is 6. The molecule has 1 aliphatic rings. The van der Waals surface area contributed by atoms with Crippen molar-refractivity contribution in [1.29, 1.82) is 0 Å². The molecule has 2 aromatic rings. The molecule has 5 nitrogen and oxygen atoms in total. The van der Waals surface area contributed by atoms with Gasteiger partial charge in [-0.3, -0.25) is 4.90 Å². The number of aliphatic hydroxyl groups is 1. The van der Waals surface area contributed by atoms with Crippen molar-refractivity contribution in [3.05, 3.63) is 39.8 Å². The summed E-state index contributed by atoms with van der Waals surface area (Å²) < 4.78 is 10.6. The Labute approximate surface area is 127 Å². The number of benzene rings is 1. The molecule has 0 bridgehead atoms. The third-order valence-electron chi connectivity index (χ3n) is 3.36. The Morgan fingerprint density at radius 1 is 1.38 bits per heavy atom. The first kappa shape index (κ1) is 14.3. The predicted molar refractivity (Wildman–Crippen MR) is 80.7 cm³/mol. The van der Waals surface area contributed by atoms with Crippen LogP contribution in [0.15, 0.2) is 24.4 Å². The maximum Gasteiger partial charge on any atom is 0.231 e. The van der Waals surface area contributed by atoms with Gasteiger partial charge in [0.15, 0.2) is 11.5 Å². The predicted octanol–water partition coefficient (Wildman–Crippen LogP) is 2.35. The van der Waals surface area contributed by atoms with Gasteiger partial charge in [-0.05, 0) is 31.7 Å². The van der Waals surface area contributed by atoms with E-state index in [2.05, 4.69) is 9.88 Å². The molecule has 0 saturated heterocycles. The van der Waals surface area contributed by atoms with Gasteiger partial charge >= 0.3 is 0 Å². The fourth-order valence-electron chi connectivity index (χ4n) is 2.33. The Kier molecular flexibility index (Phi) is 4.10. The van der Waals surface area contributed by atoms with E-state index in [1.54, 1.807) is 11.3 Å². The molecule has 0 unspecified atom stereocenters. The molecule has 2 heterocycles. The van der Waals surface area contributed by atoms with E-state index in [-0.39, 0.29) is 6.79 Å². The van der Waals surface area contributed by atoms with Crippen LogP contribution in [0.25, 0.3) is 0 Å². The molecular weight excluding hydrogens is 288 g/mol. The Hall–Kier alpha value is -1.63. The molecule has 1 aliphatic heterocycles. The number of hydrogen-bond donors (Lipinski definition) is 1. The van der Waals surface area contributed by atoms with Crippen LogP contribution in [0.5, 0.6) is 11.5 Å². The van der Waals surface area contributed by atoms with Crippen molar-refractivity contribution in [3.63, 3.8) is 0 Å². The average Bonchev–Trinajstić information content (AvgIpc) is 3.06. The lowest BCUT2D eigenvalue weighted by molar-refractivity contribution is 0.124. The molecule has 0 spiro atoms. The van der Waals surface area contributed by atoms with Crippen LogP contribution in [0.3, 0.4) is 0 Å². The fraction of sp³-hybridized carbons (Fsp3) is 0.400. The van der Waals surface area contributed by atoms with Gasteiger partial charge in [0.05, 0.1) is 11.1 Å². The van der Waals surface area contributed by atoms with E-state index in [9.17, 15) is 5.11 Å². The summed E-state index contributed by atoms with van der Waals surface area (Å²) in [6, 6.07) is 5.56. The molecule has 1 N–H and O–H groups in total. The first-order valence-electron chi connectivity index (χ1n) is 6.79. The van der Waals surface area contributed by atoms with E-state index < -0.39 is 6.10 Å². The van der Waals surface area contributed by atoms with Crippen LogP contribution in [0.2, 0.25) is 0 Å². The number of ether oxygens (including phenoxy) is 2. The maximum absolute atomic E-state index is 10.4. The quantitative estimate of drug-likeness (QED) is 0.919. The molecule has 1 aromatic carbocycles. The van der Waals surface area contributed by atoms with Crippen molar-refractivity contribution in [2.45, 2.75) is 19.6 Å². The van der Waals surface area contributed by atoms with Crippen molar-refractivity contribution < 1.29 is 14.6 Å². The lowest BCUT2D eigenvalue weighted by atomic mass is 10.1. The molecule has 0 saturated carbocycles. The standard InChI is InChI=1S/C15H18N2O3S/c1-10-16-6-12(21-10)7-17(2)8-13(18)11-3-4-14-15(5-11)20-9-19-14/h3-6,13,18H,7-9H2,1-2H3/t13-/m1/s1. The first-order chi connectivity index (χ1) is 10.1. The zero-order valence-corrected chi connectivity index (χ0v) is 12.9. The number of aliphatic hydroxyl groups excluding tert-OH is 1. The van der Waals surface area contributed by atoms with Crippen molar-refractivity contribution in [2.75, 3.05) is 20.4 Å². The van der Waals surface area contributed by atoms with Gasteiger partial charge in [0, 0.05) is 24.2 Å². The van der Waals surface area contributed by atoms with Gasteiger partial charge in [-0.2, -0.15) is 0 Å². The summed E-state index contributed by atoms with van der Waals surface area (Å²) in [6.07, 6.45) is 1.34. The Morgan fingerprint density at radius 2 is 2.19 bits per heavy atom. The van der Waals surface area contributed by atoms with Crippen LogP contribution in [-0.4, -0.2) is 35.4 Å². The third kappa shape index (κ3) is 3.34. The SMILES string of the molecule is Cc1ncc(CN(C)C[C@@H](O)c2ccc3c(c2)OCO3)s1. The summed E-state index contributed by atoms with van der Waals surface area (Å²) >= 11 is 1.68. The van der Waals surface area contributed by atoms with Gasteiger partial charge in [-0.15, -0.1) is 11.3 Å². The minimum atomic E-state index is -0.557. The summed E-state index contributed by atoms with van der Waals surface area (Å²) in [7, 11) is 1.99. The van der Waals surface area contributed by atoms with Gasteiger partial charge < -0.3 is 14.6 Å². The molecular formula is C15H18N2O3S. The second-order valence-corrected chi connectivity index (χ2v) is 6.49. The zero-order valence-electron chi connectivity index (χ0n) is 12.1. The van der Waals surface area contributed by atoms with Crippen LogP contribution in [0.1, 0.15) is 21.6 Å². The molecule has 21 heavy (non-hydrogen) atoms. The number of fused-ring (bicyclic) bond motifs is 1. The first-order valence-corrected chi connectivity index (χ1v) is 7.61. The maximum atomic E-state index is 10.4. The minimum absolute atomic E-state index is 0.250. The lowest BCUT2D eigenvalue weighted by Crippen LogP contribution is -2.23. The highest BCUT2D eigenvalue weighted by molar-refractivity contribution is 7.11. The van der Waals surface area contributed by atoms with E-state index >= 15 is 0 Å². The van der Waals surface area contributed by atoms with Gasteiger partial charge in [-0.25, -0.2) is 4.98 Å². The summed E-state index contributed by atoms with van der Waals surface area (Å²) in [5.41, 5.74) is 0.839. The fourth-order valence-corrected chi connectivity index (χ4v) is 3.21. The third-order valence-corrected chi connectivity index (χ3v) is 4.26. The lowest BCUT2D eigenvalue weighted by Gasteiger charge is -2.20. The second kappa shape index (κ2) is 6.01. The van der Waals surface area contributed by atoms with Gasteiger partial charge in [-0.1, -0.05) is 6.07 Å². The summed E-state index contributed by atoms with van der Waals surface area (Å²) in [6.45, 7) is 3.58. The average molecular weight is 306 g/mol. The monoisotopic (exact) mass is 306 g/mol. The van der Waals surface area contributed by atoms with E-state index in [1.807, 2.05) is 38.4 Å². The topological polar surface area (TPSA) is 54.8 Å². The van der Waals surface area contributed by atoms with Crippen LogP contribution in [0, 0.1) is 6.92 Å². The van der Waals surface area contributed by atoms with Crippen LogP contribution in [0.4, 0.5) is 0 Å². The van der Waals surface area contributed by atoms with Gasteiger partial charge in [0.2, 0.25) is 6.79 Å². The molecule has 1 aromatic heterocycles. The largest absolute Gasteiger partial charge is 0.454 e. The van der Waals surface area contributed by atoms with Crippen molar-refractivity contribution in [1.82, 2.24) is 9.88 Å². The normalized spacial score (nSPS) is 14.7. The van der Waals surface area contributed by atoms with E-state index in [0.717, 1.165) is 22.9 Å². The molecule has 0 radical (unpaired) electrons. The molecule has 3 rings (SSSR count). The smallest absolute Gasteiger partial charge is 0.231 e. The second-order valence-electron chi connectivity index (χ2n) is 5.17. The van der Waals surface area contributed by atoms with Crippen LogP contribution in [-0.2, 0) is 6.54 Å². The van der Waals surface area contributed by atoms with Crippen molar-refractivity contribution in [3.8, 4) is 11.5 Å². The Morgan fingerprint density at radius 3 is 2.95 bits per heavy atom. The summed E-state index contributed by atoms with van der Waals surface area (Å²) in [5, 5.41) is 11.4. The number of rotatable bonds is 5. The Bertz CT molecular complexity index is 629. The van der Waals surface area contributed by atoms with Gasteiger partial charge in [0.1, 0.15) is 0 Å². The van der Waals surface area contributed by atoms with Crippen molar-refractivity contribution >= 4 is 11.3 Å². The highest BCUT2D eigenvalue weighted by Crippen LogP contribution is 2.34.